The van der Waals surface area contributed by atoms with Gasteiger partial charge in [-0.15, -0.1) is 11.6 Å². The van der Waals surface area contributed by atoms with Crippen molar-refractivity contribution >= 4 is 29.6 Å². The number of carbonyl (C=O) groups is 3. The van der Waals surface area contributed by atoms with E-state index in [9.17, 15) is 50.9 Å². The second-order valence-electron chi connectivity index (χ2n) is 18.2. The number of benzene rings is 5. The second-order valence-corrected chi connectivity index (χ2v) is 18.5. The van der Waals surface area contributed by atoms with Crippen LogP contribution in [-0.4, -0.2) is 66.0 Å². The molecular weight excluding hydrogens is 1140 g/mol. The molecule has 0 aliphatic carbocycles. The number of carboxylic acid groups (broad SMARTS) is 1. The number of nitrogens with zero attached hydrogens (tertiary/aromatic N) is 5. The Labute approximate surface area is 492 Å². The summed E-state index contributed by atoms with van der Waals surface area (Å²) in [5.41, 5.74) is 4.21. The number of halogens is 7. The Morgan fingerprint density at radius 2 is 1.13 bits per heavy atom. The molecule has 85 heavy (non-hydrogen) atoms. The first-order valence-corrected chi connectivity index (χ1v) is 25.2. The van der Waals surface area contributed by atoms with Crippen molar-refractivity contribution in [3.63, 3.8) is 0 Å². The number of carbonyl (C=O) groups excluding carboxylic acids is 2. The van der Waals surface area contributed by atoms with E-state index in [2.05, 4.69) is 20.3 Å². The predicted molar refractivity (Wildman–Crippen MR) is 304 cm³/mol. The van der Waals surface area contributed by atoms with Gasteiger partial charge in [0.1, 0.15) is 54.5 Å². The number of phenolic OH excluding ortho intramolecular Hbond substituents is 1. The van der Waals surface area contributed by atoms with Crippen molar-refractivity contribution < 1.29 is 78.3 Å². The molecule has 9 aromatic rings. The van der Waals surface area contributed by atoms with Crippen molar-refractivity contribution in [3.8, 4) is 34.4 Å². The number of oxazole rings is 2. The van der Waals surface area contributed by atoms with Crippen LogP contribution >= 0.6 is 11.6 Å². The summed E-state index contributed by atoms with van der Waals surface area (Å²) in [6, 6.07) is 35.3. The molecule has 0 unspecified atom stereocenters. The molecule has 1 fully saturated rings. The van der Waals surface area contributed by atoms with E-state index in [1.165, 1.54) is 41.7 Å². The molecule has 16 nitrogen and oxygen atoms in total. The highest BCUT2D eigenvalue weighted by Gasteiger charge is 2.39. The van der Waals surface area contributed by atoms with Gasteiger partial charge in [0, 0.05) is 41.5 Å². The molecule has 10 rings (SSSR count). The second kappa shape index (κ2) is 30.4. The highest BCUT2D eigenvalue weighted by atomic mass is 35.5. The van der Waals surface area contributed by atoms with Crippen LogP contribution in [0.15, 0.2) is 170 Å². The summed E-state index contributed by atoms with van der Waals surface area (Å²) in [7, 11) is 0. The van der Waals surface area contributed by atoms with Gasteiger partial charge in [0.25, 0.3) is 0 Å². The number of aromatic hydroxyl groups is 1. The predicted octanol–water partition coefficient (Wildman–Crippen LogP) is 16.3. The highest BCUT2D eigenvalue weighted by molar-refractivity contribution is 6.17. The third kappa shape index (κ3) is 17.9. The van der Waals surface area contributed by atoms with Crippen molar-refractivity contribution in [2.45, 2.75) is 106 Å². The molecule has 2 N–H and O–H groups in total. The fourth-order valence-corrected chi connectivity index (χ4v) is 8.71. The quantitative estimate of drug-likeness (QED) is 0.0679. The maximum atomic E-state index is 13.1. The van der Waals surface area contributed by atoms with Crippen LogP contribution in [0.2, 0.25) is 0 Å². The number of carboxylic acids is 1. The summed E-state index contributed by atoms with van der Waals surface area (Å²) in [4.78, 5) is 46.3. The highest BCUT2D eigenvalue weighted by Crippen LogP contribution is 2.35. The van der Waals surface area contributed by atoms with Gasteiger partial charge in [-0.3, -0.25) is 9.59 Å². The number of hydrogen-bond donors (Lipinski definition) is 2. The van der Waals surface area contributed by atoms with Crippen molar-refractivity contribution in [2.75, 3.05) is 6.61 Å². The molecule has 1 aliphatic heterocycles. The summed E-state index contributed by atoms with van der Waals surface area (Å²) in [5, 5.41) is 26.6. The summed E-state index contributed by atoms with van der Waals surface area (Å²) in [6.45, 7) is 3.65. The molecule has 0 radical (unpaired) electrons. The molecular formula is C62H64ClF6N5O11. The number of amides is 2. The fraction of sp³-hybridized carbons (Fsp3) is 0.274. The van der Waals surface area contributed by atoms with Gasteiger partial charge in [0.2, 0.25) is 17.7 Å². The first-order chi connectivity index (χ1) is 38.7. The Kier molecular flexibility index (Phi) is 24.4. The lowest BCUT2D eigenvalue weighted by Crippen LogP contribution is -2.40. The van der Waals surface area contributed by atoms with E-state index in [1.54, 1.807) is 74.5 Å². The number of cyclic esters (lactones) is 1. The lowest BCUT2D eigenvalue weighted by atomic mass is 9.91. The van der Waals surface area contributed by atoms with Crippen LogP contribution in [0, 0.1) is 13.8 Å². The minimum Gasteiger partial charge on any atom is -0.508 e. The van der Waals surface area contributed by atoms with Gasteiger partial charge in [-0.1, -0.05) is 94.6 Å². The Balaban J connectivity index is 0.000000278. The van der Waals surface area contributed by atoms with Crippen LogP contribution in [0.1, 0.15) is 116 Å². The standard InChI is InChI=1S/C24H19F3N2O5.C22H20N2O5.C12H9ClF3NO.4CH4/c1-14-21(28-23(34-14)16-2-6-17(7-3-16)24(25,26)27)13-32-18-8-4-15(5-9-18)19(12-22(30)31)20-10-11-33-29-20;25-18-8-6-16(7-9-18)19(20-10-11-29-23-20)13-21(26)24-17(14-28-22(24)27)12-15-4-2-1-3-5-15;1-7-10(6-13)17-11(18-7)8-2-4-9(5-3-8)12(14,15)16;;;;/h2-11,19H,12-13H2,1H3,(H,30,31);1-11,17,19,25H,12-14H2;2-5H,6H2,1H3;4*1H4/t19-;17-,19-;;;;;/m00...../s1. The molecule has 1 aliphatic rings. The third-order valence-electron chi connectivity index (χ3n) is 12.7. The molecule has 23 heteroatoms. The van der Waals surface area contributed by atoms with Crippen molar-refractivity contribution in [1.29, 1.82) is 0 Å². The summed E-state index contributed by atoms with van der Waals surface area (Å²) < 4.78 is 107. The van der Waals surface area contributed by atoms with Crippen LogP contribution in [-0.2, 0) is 45.6 Å². The Hall–Kier alpha value is -9.18. The van der Waals surface area contributed by atoms with E-state index in [4.69, 9.17) is 39.0 Å². The van der Waals surface area contributed by atoms with E-state index in [0.717, 1.165) is 41.0 Å². The topological polar surface area (TPSA) is 217 Å². The maximum absolute atomic E-state index is 13.1. The Morgan fingerprint density at radius 3 is 1.58 bits per heavy atom. The maximum Gasteiger partial charge on any atom is 0.416 e. The number of ether oxygens (including phenoxy) is 2. The van der Waals surface area contributed by atoms with Crippen LogP contribution in [0.5, 0.6) is 11.5 Å². The van der Waals surface area contributed by atoms with Gasteiger partial charge in [0.05, 0.1) is 46.6 Å². The lowest BCUT2D eigenvalue weighted by Gasteiger charge is -2.22. The number of rotatable bonds is 16. The van der Waals surface area contributed by atoms with Gasteiger partial charge in [-0.2, -0.15) is 26.3 Å². The number of aryl methyl sites for hydroxylation is 2. The van der Waals surface area contributed by atoms with E-state index >= 15 is 0 Å². The van der Waals surface area contributed by atoms with Crippen molar-refractivity contribution in [3.05, 3.63) is 214 Å². The van der Waals surface area contributed by atoms with Gasteiger partial charge in [0.15, 0.2) is 0 Å². The van der Waals surface area contributed by atoms with E-state index in [0.29, 0.717) is 57.6 Å². The summed E-state index contributed by atoms with van der Waals surface area (Å²) in [6.07, 6.45) is -6.13. The van der Waals surface area contributed by atoms with Crippen molar-refractivity contribution in [1.82, 2.24) is 25.2 Å². The van der Waals surface area contributed by atoms with Crippen LogP contribution in [0.4, 0.5) is 31.1 Å². The molecule has 2 amide bonds. The number of phenols is 1. The molecule has 0 bridgehead atoms. The average Bonchev–Trinajstić information content (AvgIpc) is 4.54. The van der Waals surface area contributed by atoms with E-state index < -0.39 is 47.4 Å². The van der Waals surface area contributed by atoms with E-state index in [1.807, 2.05) is 30.3 Å². The monoisotopic (exact) mass is 1200 g/mol. The minimum atomic E-state index is -4.41. The average molecular weight is 1200 g/mol. The lowest BCUT2D eigenvalue weighted by molar-refractivity contribution is -0.138. The number of hydrogen-bond acceptors (Lipinski definition) is 14. The summed E-state index contributed by atoms with van der Waals surface area (Å²) in [5.74, 6) is 0.215. The molecule has 4 aromatic heterocycles. The zero-order valence-corrected chi connectivity index (χ0v) is 43.6. The zero-order chi connectivity index (χ0) is 57.8. The van der Waals surface area contributed by atoms with Crippen molar-refractivity contribution in [2.24, 2.45) is 0 Å². The number of alkyl halides is 7. The molecule has 5 heterocycles. The van der Waals surface area contributed by atoms with E-state index in [-0.39, 0.29) is 91.1 Å². The third-order valence-corrected chi connectivity index (χ3v) is 13.0. The fourth-order valence-electron chi connectivity index (χ4n) is 8.46. The molecule has 5 aromatic carbocycles. The number of aromatic nitrogens is 4. The van der Waals surface area contributed by atoms with Gasteiger partial charge in [-0.25, -0.2) is 19.7 Å². The number of aliphatic carboxylic acids is 1. The largest absolute Gasteiger partial charge is 0.508 e. The van der Waals surface area contributed by atoms with Crippen LogP contribution in [0.3, 0.4) is 0 Å². The Bertz CT molecular complexity index is 3490. The van der Waals surface area contributed by atoms with Gasteiger partial charge in [-0.05, 0) is 110 Å². The molecule has 3 atom stereocenters. The molecule has 0 saturated carbocycles. The first kappa shape index (κ1) is 68.3. The van der Waals surface area contributed by atoms with Gasteiger partial charge < -0.3 is 37.6 Å². The minimum absolute atomic E-state index is 0. The SMILES string of the molecule is C.C.C.C.Cc1oc(-c2ccc(C(F)(F)F)cc2)nc1CCl.Cc1oc(-c2ccc(C(F)(F)F)cc2)nc1COc1ccc([C@H](CC(=O)O)c2ccon2)cc1.O=C(C[C@@H](c1ccc(O)cc1)c1ccon1)N1C(=O)OC[C@@H]1Cc1ccccc1. The normalized spacial score (nSPS) is 13.4. The summed E-state index contributed by atoms with van der Waals surface area (Å²) >= 11 is 5.65. The molecule has 1 saturated heterocycles. The first-order valence-electron chi connectivity index (χ1n) is 24.6. The van der Waals surface area contributed by atoms with Gasteiger partial charge >= 0.3 is 24.4 Å². The van der Waals surface area contributed by atoms with Crippen LogP contribution < -0.4 is 4.74 Å². The smallest absolute Gasteiger partial charge is 0.416 e. The Morgan fingerprint density at radius 1 is 0.659 bits per heavy atom. The zero-order valence-electron chi connectivity index (χ0n) is 42.9. The molecule has 0 spiro atoms. The molecule has 452 valence electrons. The number of imide groups is 1. The van der Waals surface area contributed by atoms with Crippen LogP contribution in [0.25, 0.3) is 22.9 Å².